The minimum atomic E-state index is -3.40. The molecule has 1 aliphatic rings. The Morgan fingerprint density at radius 3 is 2.38 bits per heavy atom. The number of aryl methyl sites for hydroxylation is 1. The zero-order valence-corrected chi connectivity index (χ0v) is 15.3. The largest absolute Gasteiger partial charge is 0.282 e. The van der Waals surface area contributed by atoms with Gasteiger partial charge < -0.3 is 0 Å². The van der Waals surface area contributed by atoms with E-state index in [4.69, 9.17) is 0 Å². The van der Waals surface area contributed by atoms with Crippen LogP contribution in [0.25, 0.3) is 5.69 Å². The Kier molecular flexibility index (Phi) is 4.76. The van der Waals surface area contributed by atoms with Crippen molar-refractivity contribution in [3.63, 3.8) is 0 Å². The number of aromatic nitrogens is 2. The zero-order valence-electron chi connectivity index (χ0n) is 14.4. The van der Waals surface area contributed by atoms with E-state index in [1.54, 1.807) is 11.4 Å². The summed E-state index contributed by atoms with van der Waals surface area (Å²) in [5.74, 6) is 0. The summed E-state index contributed by atoms with van der Waals surface area (Å²) in [6, 6.07) is 9.89. The number of nitrogens with zero attached hydrogens (tertiary/aromatic N) is 4. The third-order valence-electron chi connectivity index (χ3n) is 4.61. The fourth-order valence-electron chi connectivity index (χ4n) is 3.14. The van der Waals surface area contributed by atoms with Crippen molar-refractivity contribution < 1.29 is 8.42 Å². The molecule has 1 fully saturated rings. The highest BCUT2D eigenvalue weighted by Crippen LogP contribution is 2.22. The lowest BCUT2D eigenvalue weighted by molar-refractivity contribution is 0.391. The van der Waals surface area contributed by atoms with E-state index in [1.807, 2.05) is 48.9 Å². The molecule has 0 radical (unpaired) electrons. The van der Waals surface area contributed by atoms with Crippen LogP contribution in [0.5, 0.6) is 0 Å². The van der Waals surface area contributed by atoms with E-state index >= 15 is 0 Å². The molecule has 0 saturated carbocycles. The van der Waals surface area contributed by atoms with Gasteiger partial charge in [0.15, 0.2) is 0 Å². The first-order chi connectivity index (χ1) is 11.4. The first-order valence-corrected chi connectivity index (χ1v) is 9.63. The fraction of sp³-hybridized carbons (Fsp3) is 0.471. The van der Waals surface area contributed by atoms with Gasteiger partial charge in [0.25, 0.3) is 10.2 Å². The molecule has 0 aliphatic carbocycles. The number of para-hydroxylation sites is 1. The Hall–Kier alpha value is -1.70. The topological polar surface area (TPSA) is 58.4 Å². The number of hydrogen-bond donors (Lipinski definition) is 0. The average Bonchev–Trinajstić information content (AvgIpc) is 3.20. The van der Waals surface area contributed by atoms with Gasteiger partial charge in [-0.15, -0.1) is 0 Å². The van der Waals surface area contributed by atoms with Crippen LogP contribution in [-0.2, 0) is 16.8 Å². The molecule has 0 N–H and O–H groups in total. The smallest absolute Gasteiger partial charge is 0.238 e. The van der Waals surface area contributed by atoms with E-state index in [2.05, 4.69) is 5.10 Å². The van der Waals surface area contributed by atoms with Gasteiger partial charge in [0.05, 0.1) is 11.4 Å². The maximum absolute atomic E-state index is 12.7. The van der Waals surface area contributed by atoms with E-state index in [9.17, 15) is 8.42 Å². The van der Waals surface area contributed by atoms with Gasteiger partial charge >= 0.3 is 0 Å². The predicted octanol–water partition coefficient (Wildman–Crippen LogP) is 2.26. The van der Waals surface area contributed by atoms with Gasteiger partial charge in [-0.3, -0.25) is 0 Å². The lowest BCUT2D eigenvalue weighted by Crippen LogP contribution is -2.40. The highest BCUT2D eigenvalue weighted by Gasteiger charge is 2.30. The standard InChI is InChI=1S/C17H24N4O2S/c1-14-17(13-19(3)24(22,23)20-11-7-8-12-20)15(2)21(18-14)16-9-5-4-6-10-16/h4-6,9-10H,7-8,11-13H2,1-3H3. The molecule has 0 spiro atoms. The molecule has 2 aromatic rings. The Bertz CT molecular complexity index is 809. The predicted molar refractivity (Wildman–Crippen MR) is 94.2 cm³/mol. The highest BCUT2D eigenvalue weighted by molar-refractivity contribution is 7.86. The molecule has 1 saturated heterocycles. The first-order valence-electron chi connectivity index (χ1n) is 8.23. The lowest BCUT2D eigenvalue weighted by atomic mass is 10.2. The number of hydrogen-bond acceptors (Lipinski definition) is 3. The van der Waals surface area contributed by atoms with Gasteiger partial charge in [0, 0.05) is 37.9 Å². The van der Waals surface area contributed by atoms with E-state index in [1.165, 1.54) is 4.31 Å². The van der Waals surface area contributed by atoms with Crippen LogP contribution in [0.3, 0.4) is 0 Å². The van der Waals surface area contributed by atoms with Crippen LogP contribution in [0.4, 0.5) is 0 Å². The second-order valence-electron chi connectivity index (χ2n) is 6.27. The molecule has 0 atom stereocenters. The normalized spacial score (nSPS) is 16.2. The third kappa shape index (κ3) is 3.11. The second-order valence-corrected chi connectivity index (χ2v) is 8.30. The van der Waals surface area contributed by atoms with Crippen LogP contribution >= 0.6 is 0 Å². The minimum Gasteiger partial charge on any atom is -0.238 e. The molecule has 0 bridgehead atoms. The Labute approximate surface area is 143 Å². The maximum Gasteiger partial charge on any atom is 0.282 e. The first kappa shape index (κ1) is 17.1. The van der Waals surface area contributed by atoms with Crippen LogP contribution in [-0.4, -0.2) is 46.9 Å². The second kappa shape index (κ2) is 6.66. The molecule has 1 aliphatic heterocycles. The molecular formula is C17H24N4O2S. The van der Waals surface area contributed by atoms with Crippen LogP contribution < -0.4 is 0 Å². The molecule has 1 aromatic heterocycles. The molecular weight excluding hydrogens is 324 g/mol. The highest BCUT2D eigenvalue weighted by atomic mass is 32.2. The third-order valence-corrected chi connectivity index (χ3v) is 6.54. The lowest BCUT2D eigenvalue weighted by Gasteiger charge is -2.23. The summed E-state index contributed by atoms with van der Waals surface area (Å²) in [5, 5.41) is 4.59. The summed E-state index contributed by atoms with van der Waals surface area (Å²) >= 11 is 0. The summed E-state index contributed by atoms with van der Waals surface area (Å²) < 4.78 is 30.2. The molecule has 7 heteroatoms. The minimum absolute atomic E-state index is 0.337. The quantitative estimate of drug-likeness (QED) is 0.833. The Morgan fingerprint density at radius 1 is 1.12 bits per heavy atom. The molecule has 3 rings (SSSR count). The van der Waals surface area contributed by atoms with Crippen LogP contribution in [0.1, 0.15) is 29.8 Å². The molecule has 6 nitrogen and oxygen atoms in total. The monoisotopic (exact) mass is 348 g/mol. The van der Waals surface area contributed by atoms with Crippen LogP contribution in [0.2, 0.25) is 0 Å². The Morgan fingerprint density at radius 2 is 1.75 bits per heavy atom. The van der Waals surface area contributed by atoms with Crippen molar-refractivity contribution in [2.75, 3.05) is 20.1 Å². The summed E-state index contributed by atoms with van der Waals surface area (Å²) in [6.07, 6.45) is 1.88. The van der Waals surface area contributed by atoms with E-state index < -0.39 is 10.2 Å². The fourth-order valence-corrected chi connectivity index (χ4v) is 4.55. The molecule has 24 heavy (non-hydrogen) atoms. The molecule has 0 amide bonds. The van der Waals surface area contributed by atoms with Crippen LogP contribution in [0, 0.1) is 13.8 Å². The van der Waals surface area contributed by atoms with Crippen molar-refractivity contribution >= 4 is 10.2 Å². The van der Waals surface area contributed by atoms with Gasteiger partial charge in [-0.1, -0.05) is 18.2 Å². The number of benzene rings is 1. The van der Waals surface area contributed by atoms with Crippen molar-refractivity contribution in [1.82, 2.24) is 18.4 Å². The summed E-state index contributed by atoms with van der Waals surface area (Å²) in [7, 11) is -1.75. The summed E-state index contributed by atoms with van der Waals surface area (Å²) in [6.45, 7) is 5.49. The summed E-state index contributed by atoms with van der Waals surface area (Å²) in [5.41, 5.74) is 3.78. The van der Waals surface area contributed by atoms with Gasteiger partial charge in [-0.25, -0.2) is 4.68 Å². The van der Waals surface area contributed by atoms with Gasteiger partial charge in [0.2, 0.25) is 0 Å². The van der Waals surface area contributed by atoms with Gasteiger partial charge in [-0.2, -0.15) is 22.1 Å². The maximum atomic E-state index is 12.7. The molecule has 0 unspecified atom stereocenters. The molecule has 130 valence electrons. The number of rotatable bonds is 5. The van der Waals surface area contributed by atoms with E-state index in [-0.39, 0.29) is 0 Å². The van der Waals surface area contributed by atoms with Crippen molar-refractivity contribution in [2.45, 2.75) is 33.2 Å². The average molecular weight is 348 g/mol. The summed E-state index contributed by atoms with van der Waals surface area (Å²) in [4.78, 5) is 0. The zero-order chi connectivity index (χ0) is 17.3. The van der Waals surface area contributed by atoms with Gasteiger partial charge in [-0.05, 0) is 38.8 Å². The van der Waals surface area contributed by atoms with Crippen molar-refractivity contribution in [2.24, 2.45) is 0 Å². The Balaban J connectivity index is 1.87. The van der Waals surface area contributed by atoms with Crippen molar-refractivity contribution in [3.8, 4) is 5.69 Å². The SMILES string of the molecule is Cc1nn(-c2ccccc2)c(C)c1CN(C)S(=O)(=O)N1CCCC1. The van der Waals surface area contributed by atoms with Crippen LogP contribution in [0.15, 0.2) is 30.3 Å². The van der Waals surface area contributed by atoms with Crippen molar-refractivity contribution in [3.05, 3.63) is 47.3 Å². The van der Waals surface area contributed by atoms with Gasteiger partial charge in [0.1, 0.15) is 0 Å². The molecule has 1 aromatic carbocycles. The molecule has 2 heterocycles. The van der Waals surface area contributed by atoms with E-state index in [0.29, 0.717) is 19.6 Å². The van der Waals surface area contributed by atoms with E-state index in [0.717, 1.165) is 35.5 Å². The van der Waals surface area contributed by atoms with Crippen molar-refractivity contribution in [1.29, 1.82) is 0 Å².